The van der Waals surface area contributed by atoms with Gasteiger partial charge in [0, 0.05) is 19.3 Å². The van der Waals surface area contributed by atoms with Crippen LogP contribution in [0.2, 0.25) is 0 Å². The largest absolute Gasteiger partial charge is 0.459 e. The third-order valence-electron chi connectivity index (χ3n) is 4.13. The summed E-state index contributed by atoms with van der Waals surface area (Å²) in [6.45, 7) is 7.02. The first kappa shape index (κ1) is 20.4. The number of carbonyl (C=O) groups excluding carboxylic acids is 2. The number of hydrogen-bond acceptors (Lipinski definition) is 6. The third-order valence-corrected chi connectivity index (χ3v) is 7.81. The van der Waals surface area contributed by atoms with Crippen LogP contribution in [0.4, 0.5) is 0 Å². The number of hydrogen-bond donors (Lipinski definition) is 0. The molecule has 1 unspecified atom stereocenters. The highest BCUT2D eigenvalue weighted by molar-refractivity contribution is 9.11. The Hall–Kier alpha value is -0.930. The van der Waals surface area contributed by atoms with Gasteiger partial charge >= 0.3 is 5.97 Å². The summed E-state index contributed by atoms with van der Waals surface area (Å²) in [4.78, 5) is 27.2. The van der Waals surface area contributed by atoms with Gasteiger partial charge in [-0.05, 0) is 61.7 Å². The molecule has 0 spiro atoms. The van der Waals surface area contributed by atoms with Crippen LogP contribution < -0.4 is 0 Å². The first-order chi connectivity index (χ1) is 11.2. The van der Waals surface area contributed by atoms with Crippen molar-refractivity contribution in [2.75, 3.05) is 12.8 Å². The lowest BCUT2D eigenvalue weighted by Gasteiger charge is -2.31. The Labute approximate surface area is 160 Å². The first-order valence-corrected chi connectivity index (χ1v) is 11.3. The fraction of sp³-hybridized carbons (Fsp3) is 0.625. The molecule has 1 aromatic heterocycles. The van der Waals surface area contributed by atoms with E-state index in [4.69, 9.17) is 4.74 Å². The van der Waals surface area contributed by atoms with Gasteiger partial charge in [0.05, 0.1) is 8.66 Å². The number of sulfone groups is 1. The maximum atomic E-state index is 12.5. The molecule has 2 heterocycles. The molecule has 0 aromatic carbocycles. The number of thiophene rings is 1. The highest BCUT2D eigenvalue weighted by Gasteiger charge is 2.47. The predicted octanol–water partition coefficient (Wildman–Crippen LogP) is 3.00. The van der Waals surface area contributed by atoms with Crippen LogP contribution in [0.15, 0.2) is 9.85 Å². The second kappa shape index (κ2) is 6.66. The number of nitrogens with zero attached hydrogens (tertiary/aromatic N) is 1. The van der Waals surface area contributed by atoms with Crippen molar-refractivity contribution in [1.29, 1.82) is 0 Å². The maximum absolute atomic E-state index is 12.5. The maximum Gasteiger partial charge on any atom is 0.327 e. The Morgan fingerprint density at radius 1 is 1.36 bits per heavy atom. The Balaban J connectivity index is 2.16. The van der Waals surface area contributed by atoms with E-state index in [1.165, 1.54) is 18.3 Å². The van der Waals surface area contributed by atoms with E-state index in [0.29, 0.717) is 11.4 Å². The van der Waals surface area contributed by atoms with Gasteiger partial charge in [-0.2, -0.15) is 0 Å². The number of carbonyl (C=O) groups is 2. The average Bonchev–Trinajstić information content (AvgIpc) is 2.91. The van der Waals surface area contributed by atoms with Crippen molar-refractivity contribution in [1.82, 2.24) is 4.90 Å². The zero-order valence-electron chi connectivity index (χ0n) is 14.9. The van der Waals surface area contributed by atoms with Crippen molar-refractivity contribution < 1.29 is 22.7 Å². The van der Waals surface area contributed by atoms with E-state index in [9.17, 15) is 18.0 Å². The molecular formula is C16H22BrNO5S2. The molecule has 1 amide bonds. The fourth-order valence-electron chi connectivity index (χ4n) is 2.47. The Bertz CT molecular complexity index is 809. The van der Waals surface area contributed by atoms with E-state index >= 15 is 0 Å². The van der Waals surface area contributed by atoms with Crippen LogP contribution in [0, 0.1) is 0 Å². The number of fused-ring (bicyclic) bond motifs is 1. The van der Waals surface area contributed by atoms with Crippen molar-refractivity contribution in [3.63, 3.8) is 0 Å². The molecule has 1 aromatic rings. The van der Waals surface area contributed by atoms with Gasteiger partial charge in [-0.25, -0.2) is 8.42 Å². The number of amides is 1. The molecule has 2 rings (SSSR count). The van der Waals surface area contributed by atoms with Crippen LogP contribution in [0.1, 0.15) is 49.4 Å². The predicted molar refractivity (Wildman–Crippen MR) is 100 cm³/mol. The van der Waals surface area contributed by atoms with Crippen LogP contribution in [-0.4, -0.2) is 48.3 Å². The van der Waals surface area contributed by atoms with E-state index < -0.39 is 26.2 Å². The molecular weight excluding hydrogens is 430 g/mol. The third kappa shape index (κ3) is 4.25. The number of halogens is 1. The summed E-state index contributed by atoms with van der Waals surface area (Å²) in [5.41, 5.74) is 0.128. The molecule has 1 aliphatic heterocycles. The SMILES string of the molecule is CC(C)(C)OC(=O)C(C)(CCN1Cc2cc(Br)sc2C1=O)S(C)(=O)=O. The lowest BCUT2D eigenvalue weighted by atomic mass is 10.1. The minimum Gasteiger partial charge on any atom is -0.459 e. The smallest absolute Gasteiger partial charge is 0.327 e. The fourth-order valence-corrected chi connectivity index (χ4v) is 4.90. The molecule has 0 fully saturated rings. The second-order valence-electron chi connectivity index (χ2n) is 7.39. The zero-order valence-corrected chi connectivity index (χ0v) is 18.1. The monoisotopic (exact) mass is 451 g/mol. The molecule has 0 radical (unpaired) electrons. The number of ether oxygens (including phenoxy) is 1. The molecule has 6 nitrogen and oxygen atoms in total. The van der Waals surface area contributed by atoms with Gasteiger partial charge in [-0.3, -0.25) is 9.59 Å². The first-order valence-electron chi connectivity index (χ1n) is 7.75. The molecule has 0 bridgehead atoms. The molecule has 1 atom stereocenters. The molecule has 9 heteroatoms. The summed E-state index contributed by atoms with van der Waals surface area (Å²) in [6.07, 6.45) is 1.01. The van der Waals surface area contributed by atoms with Gasteiger partial charge in [0.2, 0.25) is 0 Å². The molecule has 0 N–H and O–H groups in total. The summed E-state index contributed by atoms with van der Waals surface area (Å²) in [6, 6.07) is 1.89. The minimum absolute atomic E-state index is 0.0113. The van der Waals surface area contributed by atoms with Gasteiger partial charge < -0.3 is 9.64 Å². The molecule has 25 heavy (non-hydrogen) atoms. The topological polar surface area (TPSA) is 80.8 Å². The van der Waals surface area contributed by atoms with E-state index in [1.807, 2.05) is 6.07 Å². The van der Waals surface area contributed by atoms with Gasteiger partial charge in [-0.15, -0.1) is 11.3 Å². The van der Waals surface area contributed by atoms with E-state index in [1.54, 1.807) is 25.7 Å². The molecule has 0 saturated heterocycles. The van der Waals surface area contributed by atoms with Crippen LogP contribution >= 0.6 is 27.3 Å². The van der Waals surface area contributed by atoms with Crippen molar-refractivity contribution in [2.24, 2.45) is 0 Å². The van der Waals surface area contributed by atoms with Crippen molar-refractivity contribution in [3.8, 4) is 0 Å². The van der Waals surface area contributed by atoms with Crippen LogP contribution in [0.3, 0.4) is 0 Å². The summed E-state index contributed by atoms with van der Waals surface area (Å²) in [7, 11) is -3.72. The quantitative estimate of drug-likeness (QED) is 0.642. The van der Waals surface area contributed by atoms with Crippen molar-refractivity contribution in [3.05, 3.63) is 20.3 Å². The van der Waals surface area contributed by atoms with E-state index in [2.05, 4.69) is 15.9 Å². The lowest BCUT2D eigenvalue weighted by molar-refractivity contribution is -0.158. The Kier molecular flexibility index (Phi) is 5.43. The lowest BCUT2D eigenvalue weighted by Crippen LogP contribution is -2.48. The summed E-state index contributed by atoms with van der Waals surface area (Å²) in [5.74, 6) is -0.919. The Morgan fingerprint density at radius 2 is 1.96 bits per heavy atom. The van der Waals surface area contributed by atoms with Gasteiger partial charge in [-0.1, -0.05) is 0 Å². The minimum atomic E-state index is -3.72. The van der Waals surface area contributed by atoms with E-state index in [-0.39, 0.29) is 18.9 Å². The highest BCUT2D eigenvalue weighted by atomic mass is 79.9. The standard InChI is InChI=1S/C16H22BrNO5S2/c1-15(2,3)23-14(20)16(4,25(5,21)22)6-7-18-9-10-8-11(17)24-12(10)13(18)19/h8H,6-7,9H2,1-5H3. The molecule has 0 aliphatic carbocycles. The molecule has 140 valence electrons. The van der Waals surface area contributed by atoms with Gasteiger partial charge in [0.15, 0.2) is 14.6 Å². The number of rotatable bonds is 5. The van der Waals surface area contributed by atoms with Gasteiger partial charge in [0.25, 0.3) is 5.91 Å². The zero-order chi connectivity index (χ0) is 19.2. The summed E-state index contributed by atoms with van der Waals surface area (Å²) >= 11 is 4.71. The van der Waals surface area contributed by atoms with Crippen molar-refractivity contribution in [2.45, 2.75) is 51.0 Å². The summed E-state index contributed by atoms with van der Waals surface area (Å²) in [5, 5.41) is 0. The van der Waals surface area contributed by atoms with Crippen molar-refractivity contribution >= 4 is 49.0 Å². The molecule has 1 aliphatic rings. The summed E-state index contributed by atoms with van der Waals surface area (Å²) < 4.78 is 29.0. The highest BCUT2D eigenvalue weighted by Crippen LogP contribution is 2.35. The van der Waals surface area contributed by atoms with Crippen LogP contribution in [0.5, 0.6) is 0 Å². The Morgan fingerprint density at radius 3 is 2.44 bits per heavy atom. The molecule has 0 saturated carbocycles. The van der Waals surface area contributed by atoms with Gasteiger partial charge in [0.1, 0.15) is 5.60 Å². The van der Waals surface area contributed by atoms with Crippen LogP contribution in [-0.2, 0) is 25.9 Å². The second-order valence-corrected chi connectivity index (χ2v) is 12.3. The van der Waals surface area contributed by atoms with Crippen LogP contribution in [0.25, 0.3) is 0 Å². The average molecular weight is 452 g/mol. The van der Waals surface area contributed by atoms with E-state index in [0.717, 1.165) is 15.6 Å². The normalized spacial score (nSPS) is 17.4. The number of esters is 1.